The average Bonchev–Trinajstić information content (AvgIpc) is 3.49. The van der Waals surface area contributed by atoms with Gasteiger partial charge >= 0.3 is 0 Å². The van der Waals surface area contributed by atoms with Crippen molar-refractivity contribution in [1.82, 2.24) is 0 Å². The van der Waals surface area contributed by atoms with Crippen LogP contribution in [0.4, 0.5) is 0 Å². The van der Waals surface area contributed by atoms with Crippen LogP contribution in [0, 0.1) is 6.92 Å². The number of ether oxygens (including phenoxy) is 11. The van der Waals surface area contributed by atoms with Gasteiger partial charge in [0.25, 0.3) is 0 Å². The second kappa shape index (κ2) is 30.5. The number of alkyl halides is 1. The quantitative estimate of drug-likeness (QED) is 0.0265. The number of thioether (sulfide) groups is 1. The molecule has 0 N–H and O–H groups in total. The highest BCUT2D eigenvalue weighted by Gasteiger charge is 2.51. The van der Waals surface area contributed by atoms with Crippen molar-refractivity contribution in [2.24, 2.45) is 0 Å². The zero-order chi connectivity index (χ0) is 52.9. The van der Waals surface area contributed by atoms with E-state index in [9.17, 15) is 0 Å². The van der Waals surface area contributed by atoms with Crippen LogP contribution in [0.5, 0.6) is 0 Å². The van der Waals surface area contributed by atoms with E-state index in [1.807, 2.05) is 146 Å². The zero-order valence-electron chi connectivity index (χ0n) is 43.6. The molecule has 2 aliphatic heterocycles. The topological polar surface area (TPSA) is 102 Å². The number of benzene rings is 7. The van der Waals surface area contributed by atoms with Crippen LogP contribution in [0.1, 0.15) is 38.9 Å². The van der Waals surface area contributed by atoms with Crippen molar-refractivity contribution >= 4 is 34.4 Å². The molecule has 0 bridgehead atoms. The Morgan fingerprint density at radius 2 is 0.805 bits per heavy atom. The summed E-state index contributed by atoms with van der Waals surface area (Å²) in [5.74, 6) is 0. The Kier molecular flexibility index (Phi) is 22.5. The van der Waals surface area contributed by atoms with Crippen LogP contribution in [0.15, 0.2) is 211 Å². The highest BCUT2D eigenvalue weighted by Crippen LogP contribution is 2.40. The first kappa shape index (κ1) is 56.9. The fourth-order valence-corrected chi connectivity index (χ4v) is 10.9. The van der Waals surface area contributed by atoms with Crippen LogP contribution in [0.2, 0.25) is 0 Å². The minimum atomic E-state index is -0.829. The molecule has 77 heavy (non-hydrogen) atoms. The van der Waals surface area contributed by atoms with Gasteiger partial charge in [-0.3, -0.25) is 0 Å². The second-order valence-corrected chi connectivity index (χ2v) is 21.1. The maximum Gasteiger partial charge on any atom is 0.186 e. The highest BCUT2D eigenvalue weighted by atomic mass is 127. The fraction of sp³-hybridized carbons (Fsp3) is 0.344. The van der Waals surface area contributed by atoms with E-state index >= 15 is 0 Å². The van der Waals surface area contributed by atoms with Gasteiger partial charge in [-0.15, -0.1) is 0 Å². The molecule has 0 aromatic heterocycles. The first-order valence-electron chi connectivity index (χ1n) is 26.3. The summed E-state index contributed by atoms with van der Waals surface area (Å²) in [6.07, 6.45) is -6.80. The molecule has 0 radical (unpaired) electrons. The first-order valence-corrected chi connectivity index (χ1v) is 28.7. The minimum Gasteiger partial charge on any atom is -0.374 e. The molecule has 7 aromatic rings. The predicted octanol–water partition coefficient (Wildman–Crippen LogP) is 12.5. The Morgan fingerprint density at radius 1 is 0.429 bits per heavy atom. The molecule has 0 saturated carbocycles. The number of hydrogen-bond acceptors (Lipinski definition) is 12. The van der Waals surface area contributed by atoms with E-state index in [1.165, 1.54) is 0 Å². The first-order chi connectivity index (χ1) is 38.0. The summed E-state index contributed by atoms with van der Waals surface area (Å²) in [4.78, 5) is 1.01. The van der Waals surface area contributed by atoms with Crippen molar-refractivity contribution in [3.05, 3.63) is 245 Å². The van der Waals surface area contributed by atoms with Gasteiger partial charge in [0.1, 0.15) is 54.3 Å². The molecule has 404 valence electrons. The Balaban J connectivity index is 1.02. The van der Waals surface area contributed by atoms with Gasteiger partial charge in [-0.1, -0.05) is 234 Å². The van der Waals surface area contributed by atoms with E-state index in [-0.39, 0.29) is 13.2 Å². The lowest BCUT2D eigenvalue weighted by molar-refractivity contribution is -0.331. The molecule has 2 fully saturated rings. The van der Waals surface area contributed by atoms with Crippen molar-refractivity contribution in [3.63, 3.8) is 0 Å². The molecule has 2 saturated heterocycles. The number of hydrogen-bond donors (Lipinski definition) is 0. The van der Waals surface area contributed by atoms with E-state index in [0.29, 0.717) is 44.1 Å². The van der Waals surface area contributed by atoms with Crippen LogP contribution in [0.25, 0.3) is 0 Å². The van der Waals surface area contributed by atoms with Gasteiger partial charge in [-0.25, -0.2) is 0 Å². The largest absolute Gasteiger partial charge is 0.374 e. The Morgan fingerprint density at radius 3 is 1.22 bits per heavy atom. The van der Waals surface area contributed by atoms with E-state index in [4.69, 9.17) is 52.1 Å². The molecular formula is C64H69IO11S. The van der Waals surface area contributed by atoms with Crippen LogP contribution in [-0.2, 0) is 91.7 Å². The standard InChI is InChI=1S/C64H69IO11S/c1-46-33-35-53(36-34-46)77-64-62(60(72-42-51-29-17-7-18-30-51)57(69-39-48-23-11-4-12-24-48)54(75-64)44-67-38-47-21-9-3-10-22-47)76-56(37-65)68-45-55-58(70-40-49-25-13-5-14-26-49)59(71-41-50-27-15-6-16-28-50)61(63(66-2)74-55)73-43-52-31-19-8-20-32-52/h3-36,54-64H,37-45H2,1-2H3/t54-,55-,56?,57-,58-,59+,60+,61-,62+,63+,64-/m1/s1. The molecule has 7 aromatic carbocycles. The Hall–Kier alpha value is -4.82. The van der Waals surface area contributed by atoms with Gasteiger partial charge < -0.3 is 52.1 Å². The normalized spacial score (nSPS) is 23.8. The summed E-state index contributed by atoms with van der Waals surface area (Å²) in [5, 5.41) is 0. The molecule has 0 amide bonds. The summed E-state index contributed by atoms with van der Waals surface area (Å²) < 4.78 is 76.1. The zero-order valence-corrected chi connectivity index (χ0v) is 46.6. The molecule has 0 spiro atoms. The van der Waals surface area contributed by atoms with Crippen LogP contribution >= 0.6 is 34.4 Å². The van der Waals surface area contributed by atoms with E-state index in [2.05, 4.69) is 90.2 Å². The van der Waals surface area contributed by atoms with Crippen LogP contribution in [-0.4, -0.2) is 91.6 Å². The highest BCUT2D eigenvalue weighted by molar-refractivity contribution is 14.1. The Bertz CT molecular complexity index is 2700. The number of methoxy groups -OCH3 is 1. The molecule has 2 aliphatic rings. The van der Waals surface area contributed by atoms with Crippen molar-refractivity contribution in [3.8, 4) is 0 Å². The summed E-state index contributed by atoms with van der Waals surface area (Å²) in [6.45, 7) is 4.34. The molecule has 9 rings (SSSR count). The maximum absolute atomic E-state index is 7.30. The minimum absolute atomic E-state index is 0.0619. The maximum atomic E-state index is 7.30. The van der Waals surface area contributed by atoms with E-state index in [0.717, 1.165) is 43.8 Å². The van der Waals surface area contributed by atoms with E-state index < -0.39 is 66.8 Å². The molecule has 11 atom stereocenters. The lowest BCUT2D eigenvalue weighted by Gasteiger charge is -2.47. The van der Waals surface area contributed by atoms with Gasteiger partial charge in [-0.05, 0) is 52.4 Å². The van der Waals surface area contributed by atoms with Gasteiger partial charge in [0, 0.05) is 12.0 Å². The predicted molar refractivity (Wildman–Crippen MR) is 306 cm³/mol. The monoisotopic (exact) mass is 1170 g/mol. The van der Waals surface area contributed by atoms with E-state index in [1.54, 1.807) is 18.9 Å². The van der Waals surface area contributed by atoms with Crippen molar-refractivity contribution in [2.75, 3.05) is 24.8 Å². The summed E-state index contributed by atoms with van der Waals surface area (Å²) >= 11 is 3.91. The number of halogens is 1. The third-order valence-corrected chi connectivity index (χ3v) is 15.3. The third kappa shape index (κ3) is 17.1. The van der Waals surface area contributed by atoms with Crippen LogP contribution < -0.4 is 0 Å². The lowest BCUT2D eigenvalue weighted by Crippen LogP contribution is -2.62. The summed E-state index contributed by atoms with van der Waals surface area (Å²) in [7, 11) is 1.62. The molecular weight excluding hydrogens is 1100 g/mol. The lowest BCUT2D eigenvalue weighted by atomic mass is 9.97. The number of aryl methyl sites for hydroxylation is 1. The van der Waals surface area contributed by atoms with Crippen LogP contribution in [0.3, 0.4) is 0 Å². The van der Waals surface area contributed by atoms with Crippen molar-refractivity contribution < 1.29 is 52.1 Å². The molecule has 0 aliphatic carbocycles. The van der Waals surface area contributed by atoms with Gasteiger partial charge in [0.2, 0.25) is 0 Å². The fourth-order valence-electron chi connectivity index (χ4n) is 9.36. The Labute approximate surface area is 471 Å². The molecule has 13 heteroatoms. The average molecular weight is 1170 g/mol. The van der Waals surface area contributed by atoms with Crippen molar-refractivity contribution in [1.29, 1.82) is 0 Å². The molecule has 1 unspecified atom stereocenters. The van der Waals surface area contributed by atoms with Gasteiger partial charge in [-0.2, -0.15) is 0 Å². The molecule has 2 heterocycles. The SMILES string of the molecule is CO[C@H]1O[C@H](COC(CI)O[C@H]2[C@@H](OCc3ccccc3)[C@H](OCc3ccccc3)[C@@H](COCc3ccccc3)O[C@@H]2Sc2ccc(C)cc2)[C@@H](OCc2ccccc2)[C@H](OCc2ccccc2)[C@H]1OCc1ccccc1. The third-order valence-electron chi connectivity index (χ3n) is 13.4. The van der Waals surface area contributed by atoms with Crippen molar-refractivity contribution in [2.45, 2.75) is 118 Å². The number of rotatable bonds is 28. The smallest absolute Gasteiger partial charge is 0.186 e. The van der Waals surface area contributed by atoms with Gasteiger partial charge in [0.05, 0.1) is 57.3 Å². The second-order valence-electron chi connectivity index (χ2n) is 19.1. The molecule has 11 nitrogen and oxygen atoms in total. The summed E-state index contributed by atoms with van der Waals surface area (Å²) in [6, 6.07) is 69.1. The summed E-state index contributed by atoms with van der Waals surface area (Å²) in [5.41, 5.74) is 6.69. The van der Waals surface area contributed by atoms with Gasteiger partial charge in [0.15, 0.2) is 12.6 Å².